The van der Waals surface area contributed by atoms with Crippen molar-refractivity contribution in [3.05, 3.63) is 58.1 Å². The number of rotatable bonds is 7. The third-order valence-corrected chi connectivity index (χ3v) is 6.75. The molecule has 30 heavy (non-hydrogen) atoms. The molecule has 11 heteroatoms. The Morgan fingerprint density at radius 3 is 2.40 bits per heavy atom. The lowest BCUT2D eigenvalue weighted by Gasteiger charge is -2.15. The third-order valence-electron chi connectivity index (χ3n) is 4.09. The second-order valence-corrected chi connectivity index (χ2v) is 9.10. The van der Waals surface area contributed by atoms with Crippen LogP contribution in [0.5, 0.6) is 0 Å². The van der Waals surface area contributed by atoms with Crippen LogP contribution >= 0.6 is 11.3 Å². The summed E-state index contributed by atoms with van der Waals surface area (Å²) in [5.74, 6) is -0.678. The minimum atomic E-state index is -3.99. The number of sulfonamides is 1. The number of thiophene rings is 1. The molecule has 0 fully saturated rings. The van der Waals surface area contributed by atoms with Crippen LogP contribution in [0.25, 0.3) is 0 Å². The number of aromatic nitrogens is 1. The van der Waals surface area contributed by atoms with Crippen LogP contribution in [-0.2, 0) is 14.8 Å². The number of amides is 2. The normalized spacial score (nSPS) is 12.4. The average Bonchev–Trinajstić information content (AvgIpc) is 3.31. The maximum atomic E-state index is 12.6. The van der Waals surface area contributed by atoms with Crippen LogP contribution in [0.4, 0.5) is 11.4 Å². The standard InChI is InChI=1S/C19H20N4O5S2/c1-11-17(13(3)28-22-11)30(26,27)23-12(2)18(24)20-14-6-4-7-15(10-14)21-19(25)16-8-5-9-29-16/h4-10,12,23H,1-3H3,(H,20,24)(H,21,25)/t12-/m0/s1. The summed E-state index contributed by atoms with van der Waals surface area (Å²) in [6, 6.07) is 8.99. The van der Waals surface area contributed by atoms with Gasteiger partial charge in [-0.15, -0.1) is 11.3 Å². The van der Waals surface area contributed by atoms with E-state index in [2.05, 4.69) is 20.5 Å². The summed E-state index contributed by atoms with van der Waals surface area (Å²) in [5, 5.41) is 10.8. The van der Waals surface area contributed by atoms with E-state index in [1.807, 2.05) is 0 Å². The molecule has 0 aliphatic rings. The number of carbonyl (C=O) groups excluding carboxylic acids is 2. The zero-order chi connectivity index (χ0) is 21.9. The topological polar surface area (TPSA) is 130 Å². The molecule has 0 saturated carbocycles. The van der Waals surface area contributed by atoms with Gasteiger partial charge < -0.3 is 15.2 Å². The molecule has 1 atom stereocenters. The Morgan fingerprint density at radius 2 is 1.80 bits per heavy atom. The van der Waals surface area contributed by atoms with Crippen LogP contribution < -0.4 is 15.4 Å². The van der Waals surface area contributed by atoms with Gasteiger partial charge in [-0.1, -0.05) is 17.3 Å². The van der Waals surface area contributed by atoms with Crippen molar-refractivity contribution in [1.29, 1.82) is 0 Å². The molecule has 3 N–H and O–H groups in total. The molecule has 0 aliphatic heterocycles. The van der Waals surface area contributed by atoms with E-state index >= 15 is 0 Å². The minimum Gasteiger partial charge on any atom is -0.360 e. The molecular weight excluding hydrogens is 428 g/mol. The van der Waals surface area contributed by atoms with E-state index in [1.165, 1.54) is 32.1 Å². The van der Waals surface area contributed by atoms with E-state index in [9.17, 15) is 18.0 Å². The van der Waals surface area contributed by atoms with Gasteiger partial charge in [0.05, 0.1) is 10.9 Å². The van der Waals surface area contributed by atoms with Gasteiger partial charge >= 0.3 is 0 Å². The molecule has 0 aliphatic carbocycles. The lowest BCUT2D eigenvalue weighted by molar-refractivity contribution is -0.117. The van der Waals surface area contributed by atoms with Crippen LogP contribution in [0.1, 0.15) is 28.0 Å². The lowest BCUT2D eigenvalue weighted by atomic mass is 10.2. The maximum absolute atomic E-state index is 12.6. The first-order chi connectivity index (χ1) is 14.2. The summed E-state index contributed by atoms with van der Waals surface area (Å²) in [4.78, 5) is 25.1. The highest BCUT2D eigenvalue weighted by molar-refractivity contribution is 7.89. The number of aryl methyl sites for hydroxylation is 2. The van der Waals surface area contributed by atoms with Crippen LogP contribution in [0.2, 0.25) is 0 Å². The molecule has 3 rings (SSSR count). The lowest BCUT2D eigenvalue weighted by Crippen LogP contribution is -2.41. The van der Waals surface area contributed by atoms with Crippen molar-refractivity contribution >= 4 is 44.5 Å². The van der Waals surface area contributed by atoms with Gasteiger partial charge in [0.15, 0.2) is 5.76 Å². The Hall–Kier alpha value is -3.02. The number of benzene rings is 1. The summed E-state index contributed by atoms with van der Waals surface area (Å²) in [6.45, 7) is 4.41. The second-order valence-electron chi connectivity index (χ2n) is 6.50. The highest BCUT2D eigenvalue weighted by Crippen LogP contribution is 2.20. The fraction of sp³-hybridized carbons (Fsp3) is 0.211. The van der Waals surface area contributed by atoms with Crippen molar-refractivity contribution in [3.63, 3.8) is 0 Å². The van der Waals surface area contributed by atoms with E-state index in [0.29, 0.717) is 16.3 Å². The predicted molar refractivity (Wildman–Crippen MR) is 113 cm³/mol. The molecular formula is C19H20N4O5S2. The van der Waals surface area contributed by atoms with E-state index in [1.54, 1.807) is 41.8 Å². The van der Waals surface area contributed by atoms with Crippen LogP contribution in [-0.4, -0.2) is 31.4 Å². The molecule has 0 radical (unpaired) electrons. The van der Waals surface area contributed by atoms with Gasteiger partial charge in [-0.3, -0.25) is 9.59 Å². The Kier molecular flexibility index (Phi) is 6.34. The summed E-state index contributed by atoms with van der Waals surface area (Å²) in [7, 11) is -3.99. The smallest absolute Gasteiger partial charge is 0.265 e. The largest absolute Gasteiger partial charge is 0.360 e. The van der Waals surface area contributed by atoms with Crippen molar-refractivity contribution in [1.82, 2.24) is 9.88 Å². The number of carbonyl (C=O) groups is 2. The molecule has 1 aromatic carbocycles. The first kappa shape index (κ1) is 21.7. The monoisotopic (exact) mass is 448 g/mol. The van der Waals surface area contributed by atoms with Gasteiger partial charge in [-0.25, -0.2) is 8.42 Å². The molecule has 2 aromatic heterocycles. The first-order valence-corrected chi connectivity index (χ1v) is 11.2. The number of nitrogens with zero attached hydrogens (tertiary/aromatic N) is 1. The van der Waals surface area contributed by atoms with Crippen molar-refractivity contribution in [3.8, 4) is 0 Å². The molecule has 0 spiro atoms. The number of hydrogen-bond acceptors (Lipinski definition) is 7. The van der Waals surface area contributed by atoms with Gasteiger partial charge in [-0.05, 0) is 50.4 Å². The third kappa shape index (κ3) is 4.93. The van der Waals surface area contributed by atoms with Gasteiger partial charge in [0.25, 0.3) is 5.91 Å². The van der Waals surface area contributed by atoms with Crippen LogP contribution in [0.3, 0.4) is 0 Å². The van der Waals surface area contributed by atoms with Gasteiger partial charge in [0.2, 0.25) is 15.9 Å². The number of anilines is 2. The van der Waals surface area contributed by atoms with E-state index < -0.39 is 22.0 Å². The molecule has 0 unspecified atom stereocenters. The van der Waals surface area contributed by atoms with Crippen molar-refractivity contribution in [2.24, 2.45) is 0 Å². The Labute approximate surface area is 177 Å². The Morgan fingerprint density at radius 1 is 1.10 bits per heavy atom. The highest BCUT2D eigenvalue weighted by Gasteiger charge is 2.28. The van der Waals surface area contributed by atoms with Gasteiger partial charge in [0.1, 0.15) is 10.6 Å². The fourth-order valence-electron chi connectivity index (χ4n) is 2.73. The predicted octanol–water partition coefficient (Wildman–Crippen LogP) is 2.91. The molecule has 0 saturated heterocycles. The quantitative estimate of drug-likeness (QED) is 0.509. The highest BCUT2D eigenvalue weighted by atomic mass is 32.2. The van der Waals surface area contributed by atoms with Crippen molar-refractivity contribution in [2.75, 3.05) is 10.6 Å². The van der Waals surface area contributed by atoms with Crippen molar-refractivity contribution < 1.29 is 22.5 Å². The number of hydrogen-bond donors (Lipinski definition) is 3. The number of nitrogens with one attached hydrogen (secondary N) is 3. The second kappa shape index (κ2) is 8.78. The summed E-state index contributed by atoms with van der Waals surface area (Å²) in [5.41, 5.74) is 1.12. The first-order valence-electron chi connectivity index (χ1n) is 8.88. The molecule has 9 nitrogen and oxygen atoms in total. The van der Waals surface area contributed by atoms with E-state index in [-0.39, 0.29) is 22.3 Å². The van der Waals surface area contributed by atoms with Gasteiger partial charge in [-0.2, -0.15) is 4.72 Å². The molecule has 158 valence electrons. The molecule has 3 aromatic rings. The molecule has 0 bridgehead atoms. The summed E-state index contributed by atoms with van der Waals surface area (Å²) >= 11 is 1.32. The maximum Gasteiger partial charge on any atom is 0.265 e. The van der Waals surface area contributed by atoms with E-state index in [4.69, 9.17) is 4.52 Å². The fourth-order valence-corrected chi connectivity index (χ4v) is 4.88. The van der Waals surface area contributed by atoms with E-state index in [0.717, 1.165) is 0 Å². The van der Waals surface area contributed by atoms with Crippen molar-refractivity contribution in [2.45, 2.75) is 31.7 Å². The summed E-state index contributed by atoms with van der Waals surface area (Å²) in [6.07, 6.45) is 0. The zero-order valence-corrected chi connectivity index (χ0v) is 18.1. The van der Waals surface area contributed by atoms with Crippen LogP contribution in [0.15, 0.2) is 51.2 Å². The van der Waals surface area contributed by atoms with Gasteiger partial charge in [0, 0.05) is 11.4 Å². The summed E-state index contributed by atoms with van der Waals surface area (Å²) < 4.78 is 32.3. The Bertz CT molecular complexity index is 1150. The molecule has 2 amide bonds. The van der Waals surface area contributed by atoms with Crippen LogP contribution in [0, 0.1) is 13.8 Å². The molecule has 2 heterocycles. The SMILES string of the molecule is Cc1noc(C)c1S(=O)(=O)N[C@@H](C)C(=O)Nc1cccc(NC(=O)c2cccs2)c1. The minimum absolute atomic E-state index is 0.0829. The Balaban J connectivity index is 1.66. The zero-order valence-electron chi connectivity index (χ0n) is 16.4. The average molecular weight is 449 g/mol.